The molecule has 0 spiro atoms. The van der Waals surface area contributed by atoms with E-state index in [1.807, 2.05) is 17.6 Å². The molecule has 1 aromatic heterocycles. The molecule has 22 heavy (non-hydrogen) atoms. The van der Waals surface area contributed by atoms with Crippen molar-refractivity contribution in [1.82, 2.24) is 10.3 Å². The lowest BCUT2D eigenvalue weighted by Crippen LogP contribution is -2.25. The van der Waals surface area contributed by atoms with E-state index < -0.39 is 0 Å². The number of fused-ring (bicyclic) bond motifs is 3. The molecule has 1 fully saturated rings. The molecule has 4 rings (SSSR count). The van der Waals surface area contributed by atoms with E-state index in [0.29, 0.717) is 18.3 Å². The summed E-state index contributed by atoms with van der Waals surface area (Å²) in [5.41, 5.74) is 6.56. The topological polar surface area (TPSA) is 42.0 Å². The minimum Gasteiger partial charge on any atom is -0.330 e. The molecule has 0 radical (unpaired) electrons. The SMILES string of the molecule is Cc1cccc(CC(=O)NC2=CCc3scnc3C3CC23)c1.[HH]. The molecule has 3 nitrogen and oxygen atoms in total. The van der Waals surface area contributed by atoms with Crippen molar-refractivity contribution in [2.75, 3.05) is 0 Å². The van der Waals surface area contributed by atoms with Gasteiger partial charge in [0.2, 0.25) is 5.91 Å². The minimum atomic E-state index is 0. The summed E-state index contributed by atoms with van der Waals surface area (Å²) in [4.78, 5) is 18.2. The standard InChI is InChI=1S/C18H18N2OS.H2/c1-11-3-2-4-12(7-11)8-17(21)20-15-5-6-16-18(19-10-22-16)14-9-13(14)15;/h2-5,7,10,13-14H,6,8-9H2,1H3,(H,20,21);1H. The summed E-state index contributed by atoms with van der Waals surface area (Å²) in [5.74, 6) is 1.07. The van der Waals surface area contributed by atoms with Crippen LogP contribution in [0.1, 0.15) is 35.5 Å². The van der Waals surface area contributed by atoms with Crippen molar-refractivity contribution in [3.05, 3.63) is 63.2 Å². The van der Waals surface area contributed by atoms with Crippen molar-refractivity contribution in [3.63, 3.8) is 0 Å². The van der Waals surface area contributed by atoms with Crippen LogP contribution in [0.15, 0.2) is 41.5 Å². The molecule has 1 saturated carbocycles. The molecule has 2 aliphatic rings. The first kappa shape index (κ1) is 13.7. The number of nitrogens with zero attached hydrogens (tertiary/aromatic N) is 1. The van der Waals surface area contributed by atoms with Crippen LogP contribution in [-0.2, 0) is 17.6 Å². The van der Waals surface area contributed by atoms with Gasteiger partial charge in [-0.25, -0.2) is 4.98 Å². The number of amides is 1. The Morgan fingerprint density at radius 2 is 2.36 bits per heavy atom. The van der Waals surface area contributed by atoms with Gasteiger partial charge in [0.1, 0.15) is 0 Å². The fraction of sp³-hybridized carbons (Fsp3) is 0.333. The first-order valence-electron chi connectivity index (χ1n) is 7.68. The number of carbonyl (C=O) groups excluding carboxylic acids is 1. The Morgan fingerprint density at radius 1 is 1.45 bits per heavy atom. The van der Waals surface area contributed by atoms with Gasteiger partial charge in [0.05, 0.1) is 17.6 Å². The fourth-order valence-electron chi connectivity index (χ4n) is 3.29. The van der Waals surface area contributed by atoms with Gasteiger partial charge in [0.25, 0.3) is 0 Å². The molecule has 2 atom stereocenters. The van der Waals surface area contributed by atoms with E-state index in [9.17, 15) is 4.79 Å². The second-order valence-corrected chi connectivity index (χ2v) is 7.13. The van der Waals surface area contributed by atoms with Gasteiger partial charge in [-0.15, -0.1) is 11.3 Å². The van der Waals surface area contributed by atoms with E-state index in [2.05, 4.69) is 35.4 Å². The van der Waals surface area contributed by atoms with Crippen LogP contribution in [-0.4, -0.2) is 10.9 Å². The number of carbonyl (C=O) groups is 1. The lowest BCUT2D eigenvalue weighted by Gasteiger charge is -2.09. The Morgan fingerprint density at radius 3 is 3.23 bits per heavy atom. The number of hydrogen-bond acceptors (Lipinski definition) is 3. The summed E-state index contributed by atoms with van der Waals surface area (Å²) in [5, 5.41) is 3.14. The van der Waals surface area contributed by atoms with Crippen LogP contribution in [0.3, 0.4) is 0 Å². The Balaban J connectivity index is 0.00000156. The van der Waals surface area contributed by atoms with E-state index in [0.717, 1.165) is 24.1 Å². The number of thiazole rings is 1. The number of benzene rings is 1. The summed E-state index contributed by atoms with van der Waals surface area (Å²) in [7, 11) is 0. The van der Waals surface area contributed by atoms with Gasteiger partial charge in [-0.2, -0.15) is 0 Å². The number of nitrogens with one attached hydrogen (secondary N) is 1. The van der Waals surface area contributed by atoms with Crippen molar-refractivity contribution in [1.29, 1.82) is 0 Å². The van der Waals surface area contributed by atoms with Crippen LogP contribution in [0.25, 0.3) is 0 Å². The quantitative estimate of drug-likeness (QED) is 0.941. The van der Waals surface area contributed by atoms with Crippen molar-refractivity contribution < 1.29 is 6.22 Å². The lowest BCUT2D eigenvalue weighted by molar-refractivity contribution is -0.119. The second-order valence-electron chi connectivity index (χ2n) is 6.19. The highest BCUT2D eigenvalue weighted by Crippen LogP contribution is 2.53. The lowest BCUT2D eigenvalue weighted by atomic mass is 10.1. The van der Waals surface area contributed by atoms with E-state index >= 15 is 0 Å². The highest BCUT2D eigenvalue weighted by atomic mass is 32.1. The molecular weight excluding hydrogens is 292 g/mol. The van der Waals surface area contributed by atoms with Gasteiger partial charge < -0.3 is 5.32 Å². The van der Waals surface area contributed by atoms with Crippen LogP contribution in [0, 0.1) is 12.8 Å². The average molecular weight is 312 g/mol. The van der Waals surface area contributed by atoms with Crippen molar-refractivity contribution in [2.45, 2.75) is 32.1 Å². The summed E-state index contributed by atoms with van der Waals surface area (Å²) in [6, 6.07) is 8.14. The molecular formula is C18H20N2OS. The van der Waals surface area contributed by atoms with Crippen LogP contribution >= 0.6 is 11.3 Å². The van der Waals surface area contributed by atoms with Gasteiger partial charge in [-0.3, -0.25) is 4.79 Å². The monoisotopic (exact) mass is 312 g/mol. The highest BCUT2D eigenvalue weighted by Gasteiger charge is 2.45. The number of aromatic nitrogens is 1. The zero-order valence-corrected chi connectivity index (χ0v) is 13.3. The highest BCUT2D eigenvalue weighted by molar-refractivity contribution is 7.09. The maximum absolute atomic E-state index is 12.3. The number of aryl methyl sites for hydroxylation is 1. The zero-order valence-electron chi connectivity index (χ0n) is 12.5. The van der Waals surface area contributed by atoms with E-state index in [1.165, 1.54) is 16.1 Å². The van der Waals surface area contributed by atoms with Gasteiger partial charge in [-0.1, -0.05) is 35.9 Å². The Hall–Kier alpha value is -1.94. The van der Waals surface area contributed by atoms with Crippen molar-refractivity contribution in [3.8, 4) is 0 Å². The van der Waals surface area contributed by atoms with E-state index in [4.69, 9.17) is 0 Å². The molecule has 0 saturated heterocycles. The normalized spacial score (nSPS) is 22.1. The third-order valence-corrected chi connectivity index (χ3v) is 5.32. The summed E-state index contributed by atoms with van der Waals surface area (Å²) >= 11 is 1.73. The Labute approximate surface area is 135 Å². The van der Waals surface area contributed by atoms with E-state index in [-0.39, 0.29) is 7.33 Å². The summed E-state index contributed by atoms with van der Waals surface area (Å²) in [6.07, 6.45) is 4.64. The molecule has 1 heterocycles. The fourth-order valence-corrected chi connectivity index (χ4v) is 4.08. The smallest absolute Gasteiger partial charge is 0.228 e. The Bertz CT molecular complexity index is 768. The molecule has 114 valence electrons. The van der Waals surface area contributed by atoms with Gasteiger partial charge in [-0.05, 0) is 18.9 Å². The third kappa shape index (κ3) is 2.59. The predicted octanol–water partition coefficient (Wildman–Crippen LogP) is 3.60. The van der Waals surface area contributed by atoms with Crippen molar-refractivity contribution >= 4 is 17.2 Å². The van der Waals surface area contributed by atoms with Crippen molar-refractivity contribution in [2.24, 2.45) is 5.92 Å². The summed E-state index contributed by atoms with van der Waals surface area (Å²) < 4.78 is 0. The molecule has 1 N–H and O–H groups in total. The van der Waals surface area contributed by atoms with Gasteiger partial charge in [0.15, 0.2) is 0 Å². The first-order chi connectivity index (χ1) is 10.7. The van der Waals surface area contributed by atoms with E-state index in [1.54, 1.807) is 11.3 Å². The number of rotatable bonds is 3. The molecule has 0 aliphatic heterocycles. The molecule has 2 aliphatic carbocycles. The minimum absolute atomic E-state index is 0. The second kappa shape index (κ2) is 5.36. The molecule has 2 unspecified atom stereocenters. The molecule has 1 aromatic carbocycles. The molecule has 2 aromatic rings. The Kier molecular flexibility index (Phi) is 3.34. The van der Waals surface area contributed by atoms with Gasteiger partial charge >= 0.3 is 0 Å². The summed E-state index contributed by atoms with van der Waals surface area (Å²) in [6.45, 7) is 2.05. The largest absolute Gasteiger partial charge is 0.330 e. The van der Waals surface area contributed by atoms with Gasteiger partial charge in [0, 0.05) is 30.3 Å². The predicted molar refractivity (Wildman–Crippen MR) is 89.9 cm³/mol. The van der Waals surface area contributed by atoms with Crippen LogP contribution in [0.4, 0.5) is 0 Å². The maximum atomic E-state index is 12.3. The van der Waals surface area contributed by atoms with Crippen LogP contribution in [0.5, 0.6) is 0 Å². The molecule has 1 amide bonds. The maximum Gasteiger partial charge on any atom is 0.228 e. The first-order valence-corrected chi connectivity index (χ1v) is 8.56. The zero-order chi connectivity index (χ0) is 15.1. The van der Waals surface area contributed by atoms with Crippen LogP contribution < -0.4 is 5.32 Å². The third-order valence-electron chi connectivity index (χ3n) is 4.45. The molecule has 0 bridgehead atoms. The number of hydrogen-bond donors (Lipinski definition) is 1. The molecule has 4 heteroatoms. The average Bonchev–Trinajstić information content (AvgIpc) is 3.16. The van der Waals surface area contributed by atoms with Crippen LogP contribution in [0.2, 0.25) is 0 Å². The number of allylic oxidation sites excluding steroid dienone is 2.